The summed E-state index contributed by atoms with van der Waals surface area (Å²) >= 11 is 0. The van der Waals surface area contributed by atoms with Crippen LogP contribution in [0.5, 0.6) is 0 Å². The van der Waals surface area contributed by atoms with Crippen molar-refractivity contribution in [2.24, 2.45) is 17.6 Å². The normalized spacial score (nSPS) is 23.6. The first-order chi connectivity index (χ1) is 14.0. The van der Waals surface area contributed by atoms with Crippen LogP contribution >= 0.6 is 0 Å². The van der Waals surface area contributed by atoms with Gasteiger partial charge in [-0.2, -0.15) is 0 Å². The first-order valence-corrected chi connectivity index (χ1v) is 10.5. The number of benzene rings is 1. The van der Waals surface area contributed by atoms with Crippen LogP contribution in [0.4, 0.5) is 10.1 Å². The molecule has 2 aromatic rings. The van der Waals surface area contributed by atoms with E-state index >= 15 is 0 Å². The summed E-state index contributed by atoms with van der Waals surface area (Å²) in [6, 6.07) is 8.37. The number of carbonyl (C=O) groups excluding carboxylic acids is 1. The second-order valence-electron chi connectivity index (χ2n) is 8.67. The second kappa shape index (κ2) is 8.20. The Balaban J connectivity index is 1.61. The van der Waals surface area contributed by atoms with Gasteiger partial charge in [-0.05, 0) is 73.0 Å². The zero-order chi connectivity index (χ0) is 20.4. The second-order valence-corrected chi connectivity index (χ2v) is 8.67. The third-order valence-electron chi connectivity index (χ3n) is 6.25. The summed E-state index contributed by atoms with van der Waals surface area (Å²) in [7, 11) is 0. The molecule has 1 amide bonds. The molecule has 1 aliphatic heterocycles. The number of aromatic nitrogens is 1. The molecule has 29 heavy (non-hydrogen) atoms. The molecule has 1 saturated heterocycles. The monoisotopic (exact) mass is 396 g/mol. The van der Waals surface area contributed by atoms with Gasteiger partial charge in [-0.3, -0.25) is 9.78 Å². The van der Waals surface area contributed by atoms with Gasteiger partial charge < -0.3 is 16.4 Å². The number of anilines is 1. The lowest BCUT2D eigenvalue weighted by Gasteiger charge is -2.31. The zero-order valence-corrected chi connectivity index (χ0v) is 16.8. The van der Waals surface area contributed by atoms with Gasteiger partial charge in [0.25, 0.3) is 0 Å². The van der Waals surface area contributed by atoms with Crippen LogP contribution in [0, 0.1) is 17.7 Å². The highest BCUT2D eigenvalue weighted by molar-refractivity contribution is 5.95. The number of hydrogen-bond donors (Lipinski definition) is 3. The molecule has 2 fully saturated rings. The number of hydrogen-bond acceptors (Lipinski definition) is 4. The molecule has 0 radical (unpaired) electrons. The highest BCUT2D eigenvalue weighted by atomic mass is 19.1. The number of pyridine rings is 1. The van der Waals surface area contributed by atoms with Crippen LogP contribution in [0.2, 0.25) is 0 Å². The molecule has 154 valence electrons. The van der Waals surface area contributed by atoms with E-state index in [1.54, 1.807) is 24.5 Å². The summed E-state index contributed by atoms with van der Waals surface area (Å²) in [5, 5.41) is 5.96. The third kappa shape index (κ3) is 4.49. The Labute approximate surface area is 171 Å². The SMILES string of the molecule is CC1CNC(C(=O)Nc2cc(C(N)(CCC3CC3)c3ccncc3)ccc2F)C1. The van der Waals surface area contributed by atoms with E-state index in [2.05, 4.69) is 22.5 Å². The van der Waals surface area contributed by atoms with Crippen LogP contribution in [0.15, 0.2) is 42.7 Å². The molecule has 4 rings (SSSR count). The number of halogens is 1. The summed E-state index contributed by atoms with van der Waals surface area (Å²) in [6.45, 7) is 2.90. The fourth-order valence-corrected chi connectivity index (χ4v) is 4.17. The Hall–Kier alpha value is -2.31. The fraction of sp³-hybridized carbons (Fsp3) is 0.478. The maximum Gasteiger partial charge on any atom is 0.241 e. The van der Waals surface area contributed by atoms with Crippen LogP contribution < -0.4 is 16.4 Å². The van der Waals surface area contributed by atoms with Gasteiger partial charge in [0.05, 0.1) is 17.3 Å². The van der Waals surface area contributed by atoms with E-state index in [4.69, 9.17) is 5.73 Å². The van der Waals surface area contributed by atoms with Gasteiger partial charge in [-0.15, -0.1) is 0 Å². The lowest BCUT2D eigenvalue weighted by atomic mass is 9.79. The van der Waals surface area contributed by atoms with Crippen LogP contribution in [0.25, 0.3) is 0 Å². The molecule has 2 heterocycles. The molecule has 1 saturated carbocycles. The molecular weight excluding hydrogens is 367 g/mol. The number of nitrogens with two attached hydrogens (primary N) is 1. The van der Waals surface area contributed by atoms with Crippen molar-refractivity contribution in [2.45, 2.75) is 50.6 Å². The van der Waals surface area contributed by atoms with Gasteiger partial charge in [0.15, 0.2) is 0 Å². The van der Waals surface area contributed by atoms with Crippen LogP contribution in [-0.4, -0.2) is 23.5 Å². The van der Waals surface area contributed by atoms with E-state index in [-0.39, 0.29) is 17.6 Å². The molecule has 3 unspecified atom stereocenters. The van der Waals surface area contributed by atoms with Gasteiger partial charge in [0.1, 0.15) is 5.82 Å². The topological polar surface area (TPSA) is 80.0 Å². The summed E-state index contributed by atoms with van der Waals surface area (Å²) in [4.78, 5) is 16.7. The highest BCUT2D eigenvalue weighted by Crippen LogP contribution is 2.40. The van der Waals surface area contributed by atoms with Crippen molar-refractivity contribution in [3.63, 3.8) is 0 Å². The number of amides is 1. The largest absolute Gasteiger partial charge is 0.322 e. The molecule has 1 aliphatic carbocycles. The quantitative estimate of drug-likeness (QED) is 0.669. The van der Waals surface area contributed by atoms with Crippen molar-refractivity contribution in [1.29, 1.82) is 0 Å². The molecule has 1 aromatic carbocycles. The summed E-state index contributed by atoms with van der Waals surface area (Å²) in [6.07, 6.45) is 8.52. The third-order valence-corrected chi connectivity index (χ3v) is 6.25. The molecule has 3 atom stereocenters. The smallest absolute Gasteiger partial charge is 0.241 e. The maximum absolute atomic E-state index is 14.5. The van der Waals surface area contributed by atoms with E-state index < -0.39 is 11.4 Å². The predicted molar refractivity (Wildman–Crippen MR) is 112 cm³/mol. The van der Waals surface area contributed by atoms with Crippen molar-refractivity contribution in [3.8, 4) is 0 Å². The predicted octanol–water partition coefficient (Wildman–Crippen LogP) is 3.55. The van der Waals surface area contributed by atoms with Gasteiger partial charge in [0.2, 0.25) is 5.91 Å². The van der Waals surface area contributed by atoms with E-state index in [0.29, 0.717) is 5.92 Å². The Bertz CT molecular complexity index is 870. The zero-order valence-electron chi connectivity index (χ0n) is 16.8. The Kier molecular flexibility index (Phi) is 5.65. The lowest BCUT2D eigenvalue weighted by Crippen LogP contribution is -2.39. The van der Waals surface area contributed by atoms with Gasteiger partial charge in [-0.1, -0.05) is 25.8 Å². The molecule has 4 N–H and O–H groups in total. The average Bonchev–Trinajstić information content (AvgIpc) is 3.46. The highest BCUT2D eigenvalue weighted by Gasteiger charge is 2.34. The minimum absolute atomic E-state index is 0.184. The Morgan fingerprint density at radius 2 is 2.03 bits per heavy atom. The van der Waals surface area contributed by atoms with E-state index in [1.165, 1.54) is 18.9 Å². The van der Waals surface area contributed by atoms with Gasteiger partial charge in [0, 0.05) is 12.4 Å². The number of nitrogens with one attached hydrogen (secondary N) is 2. The fourth-order valence-electron chi connectivity index (χ4n) is 4.17. The first kappa shape index (κ1) is 20.0. The standard InChI is InChI=1S/C23H29FN4O/c1-15-12-21(27-14-15)22(29)28-20-13-18(4-5-19(20)24)23(25,9-6-16-2-3-16)17-7-10-26-11-8-17/h4-5,7-8,10-11,13,15-16,21,27H,2-3,6,9,12,14,25H2,1H3,(H,28,29). The first-order valence-electron chi connectivity index (χ1n) is 10.5. The Morgan fingerprint density at radius 1 is 1.28 bits per heavy atom. The van der Waals surface area contributed by atoms with Crippen molar-refractivity contribution < 1.29 is 9.18 Å². The van der Waals surface area contributed by atoms with Crippen molar-refractivity contribution in [3.05, 3.63) is 59.7 Å². The molecule has 5 nitrogen and oxygen atoms in total. The van der Waals surface area contributed by atoms with Crippen molar-refractivity contribution >= 4 is 11.6 Å². The maximum atomic E-state index is 14.5. The molecule has 2 aliphatic rings. The minimum atomic E-state index is -0.751. The molecular formula is C23H29FN4O. The summed E-state index contributed by atoms with van der Waals surface area (Å²) < 4.78 is 14.5. The number of rotatable bonds is 7. The van der Waals surface area contributed by atoms with E-state index in [9.17, 15) is 9.18 Å². The van der Waals surface area contributed by atoms with Crippen LogP contribution in [-0.2, 0) is 10.3 Å². The van der Waals surface area contributed by atoms with Crippen molar-refractivity contribution in [2.75, 3.05) is 11.9 Å². The summed E-state index contributed by atoms with van der Waals surface area (Å²) in [5.41, 5.74) is 8.11. The molecule has 0 spiro atoms. The molecule has 6 heteroatoms. The van der Waals surface area contributed by atoms with Gasteiger partial charge in [-0.25, -0.2) is 4.39 Å². The summed E-state index contributed by atoms with van der Waals surface area (Å²) in [5.74, 6) is 0.518. The molecule has 0 bridgehead atoms. The van der Waals surface area contributed by atoms with E-state index in [1.807, 2.05) is 12.1 Å². The minimum Gasteiger partial charge on any atom is -0.322 e. The number of carbonyl (C=O) groups is 1. The lowest BCUT2D eigenvalue weighted by molar-refractivity contribution is -0.117. The van der Waals surface area contributed by atoms with Crippen LogP contribution in [0.3, 0.4) is 0 Å². The van der Waals surface area contributed by atoms with Crippen molar-refractivity contribution in [1.82, 2.24) is 10.3 Å². The average molecular weight is 397 g/mol. The number of nitrogens with zero attached hydrogens (tertiary/aromatic N) is 1. The van der Waals surface area contributed by atoms with E-state index in [0.717, 1.165) is 42.9 Å². The molecule has 1 aromatic heterocycles. The Morgan fingerprint density at radius 3 is 2.69 bits per heavy atom. The van der Waals surface area contributed by atoms with Crippen LogP contribution in [0.1, 0.15) is 50.2 Å². The van der Waals surface area contributed by atoms with Gasteiger partial charge >= 0.3 is 0 Å².